The smallest absolute Gasteiger partial charge is 0.238 e. The van der Waals surface area contributed by atoms with Crippen LogP contribution in [0.25, 0.3) is 0 Å². The maximum Gasteiger partial charge on any atom is 0.238 e. The molecule has 0 spiro atoms. The molecule has 162 valence electrons. The molecule has 0 saturated heterocycles. The Labute approximate surface area is 180 Å². The second-order valence-corrected chi connectivity index (χ2v) is 7.60. The predicted octanol–water partition coefficient (Wildman–Crippen LogP) is 4.61. The topological polar surface area (TPSA) is 50.8 Å². The number of carbonyl (C=O) groups excluding carboxylic acids is 1. The summed E-state index contributed by atoms with van der Waals surface area (Å²) in [5, 5.41) is 3.18. The minimum absolute atomic E-state index is 0.0463. The fourth-order valence-electron chi connectivity index (χ4n) is 4.08. The average Bonchev–Trinajstić information content (AvgIpc) is 2.74. The monoisotopic (exact) mass is 410 g/mol. The Kier molecular flexibility index (Phi) is 7.75. The first-order valence-electron chi connectivity index (χ1n) is 11.1. The lowest BCUT2D eigenvalue weighted by atomic mass is 9.98. The van der Waals surface area contributed by atoms with Gasteiger partial charge in [-0.15, -0.1) is 0 Å². The van der Waals surface area contributed by atoms with Gasteiger partial charge in [-0.1, -0.05) is 32.0 Å². The van der Waals surface area contributed by atoms with Crippen molar-refractivity contribution >= 4 is 11.6 Å². The Morgan fingerprint density at radius 2 is 1.57 bits per heavy atom. The number of hydrogen-bond acceptors (Lipinski definition) is 4. The summed E-state index contributed by atoms with van der Waals surface area (Å²) < 4.78 is 11.5. The van der Waals surface area contributed by atoms with Gasteiger partial charge >= 0.3 is 0 Å². The largest absolute Gasteiger partial charge is 0.490 e. The van der Waals surface area contributed by atoms with Crippen LogP contribution in [0.15, 0.2) is 30.3 Å². The Bertz CT molecular complexity index is 857. The van der Waals surface area contributed by atoms with Crippen LogP contribution in [0.1, 0.15) is 49.9 Å². The van der Waals surface area contributed by atoms with Crippen LogP contribution in [0.2, 0.25) is 0 Å². The zero-order valence-electron chi connectivity index (χ0n) is 18.7. The second kappa shape index (κ2) is 10.5. The zero-order chi connectivity index (χ0) is 21.5. The third-order valence-electron chi connectivity index (χ3n) is 5.59. The number of fused-ring (bicyclic) bond motifs is 1. The number of carbonyl (C=O) groups is 1. The lowest BCUT2D eigenvalue weighted by Gasteiger charge is -2.29. The van der Waals surface area contributed by atoms with E-state index in [1.165, 1.54) is 22.3 Å². The molecule has 1 heterocycles. The van der Waals surface area contributed by atoms with Gasteiger partial charge in [-0.25, -0.2) is 0 Å². The van der Waals surface area contributed by atoms with E-state index >= 15 is 0 Å². The van der Waals surface area contributed by atoms with Crippen molar-refractivity contribution in [3.05, 3.63) is 52.6 Å². The number of para-hydroxylation sites is 1. The molecular weight excluding hydrogens is 376 g/mol. The summed E-state index contributed by atoms with van der Waals surface area (Å²) in [6, 6.07) is 10.4. The first-order chi connectivity index (χ1) is 14.6. The van der Waals surface area contributed by atoms with E-state index < -0.39 is 0 Å². The lowest BCUT2D eigenvalue weighted by molar-refractivity contribution is -0.117. The molecule has 1 aliphatic heterocycles. The van der Waals surface area contributed by atoms with Crippen LogP contribution >= 0.6 is 0 Å². The Hall–Kier alpha value is -2.53. The summed E-state index contributed by atoms with van der Waals surface area (Å²) in [6.45, 7) is 11.4. The molecule has 0 fully saturated rings. The standard InChI is InChI=1S/C25H34N2O3/c1-5-18-10-9-11-19(6-2)25(18)26-24(28)17-27-13-12-20-14-22(29-7-3)23(30-8-4)15-21(20)16-27/h9-11,14-15H,5-8,12-13,16-17H2,1-4H3,(H,26,28). The first kappa shape index (κ1) is 22.2. The molecule has 0 saturated carbocycles. The molecule has 2 aromatic rings. The van der Waals surface area contributed by atoms with E-state index in [9.17, 15) is 4.79 Å². The van der Waals surface area contributed by atoms with E-state index in [1.807, 2.05) is 13.8 Å². The zero-order valence-corrected chi connectivity index (χ0v) is 18.7. The molecule has 3 rings (SSSR count). The summed E-state index contributed by atoms with van der Waals surface area (Å²) in [6.07, 6.45) is 2.71. The van der Waals surface area contributed by atoms with Crippen LogP contribution in [-0.4, -0.2) is 37.1 Å². The van der Waals surface area contributed by atoms with Gasteiger partial charge in [0.15, 0.2) is 11.5 Å². The second-order valence-electron chi connectivity index (χ2n) is 7.60. The SMILES string of the molecule is CCOc1cc2c(cc1OCC)CN(CC(=O)Nc1c(CC)cccc1CC)CC2. The van der Waals surface area contributed by atoms with Gasteiger partial charge in [0.25, 0.3) is 0 Å². The van der Waals surface area contributed by atoms with Crippen molar-refractivity contribution < 1.29 is 14.3 Å². The third kappa shape index (κ3) is 5.14. The number of benzene rings is 2. The van der Waals surface area contributed by atoms with Gasteiger partial charge < -0.3 is 14.8 Å². The molecule has 0 aromatic heterocycles. The summed E-state index contributed by atoms with van der Waals surface area (Å²) >= 11 is 0. The predicted molar refractivity (Wildman–Crippen MR) is 122 cm³/mol. The molecule has 1 N–H and O–H groups in total. The maximum atomic E-state index is 12.8. The summed E-state index contributed by atoms with van der Waals surface area (Å²) in [4.78, 5) is 15.0. The molecule has 0 atom stereocenters. The summed E-state index contributed by atoms with van der Waals surface area (Å²) in [7, 11) is 0. The Morgan fingerprint density at radius 1 is 0.967 bits per heavy atom. The molecule has 5 heteroatoms. The number of hydrogen-bond donors (Lipinski definition) is 1. The van der Waals surface area contributed by atoms with E-state index in [0.717, 1.165) is 49.5 Å². The fourth-order valence-corrected chi connectivity index (χ4v) is 4.08. The lowest BCUT2D eigenvalue weighted by Crippen LogP contribution is -2.37. The quantitative estimate of drug-likeness (QED) is 0.656. The molecule has 0 bridgehead atoms. The normalized spacial score (nSPS) is 13.6. The highest BCUT2D eigenvalue weighted by atomic mass is 16.5. The van der Waals surface area contributed by atoms with Crippen LogP contribution in [0.5, 0.6) is 11.5 Å². The van der Waals surface area contributed by atoms with Gasteiger partial charge in [0.2, 0.25) is 5.91 Å². The molecule has 1 amide bonds. The van der Waals surface area contributed by atoms with Crippen LogP contribution in [-0.2, 0) is 30.6 Å². The van der Waals surface area contributed by atoms with Gasteiger partial charge in [-0.05, 0) is 67.5 Å². The fraction of sp³-hybridized carbons (Fsp3) is 0.480. The molecule has 5 nitrogen and oxygen atoms in total. The summed E-state index contributed by atoms with van der Waals surface area (Å²) in [5.74, 6) is 1.64. The molecule has 0 unspecified atom stereocenters. The number of amides is 1. The van der Waals surface area contributed by atoms with Crippen molar-refractivity contribution in [2.24, 2.45) is 0 Å². The van der Waals surface area contributed by atoms with Crippen LogP contribution in [0.3, 0.4) is 0 Å². The van der Waals surface area contributed by atoms with Crippen molar-refractivity contribution in [2.45, 2.75) is 53.5 Å². The number of ether oxygens (including phenoxy) is 2. The minimum Gasteiger partial charge on any atom is -0.490 e. The molecule has 1 aliphatic rings. The van der Waals surface area contributed by atoms with Crippen molar-refractivity contribution in [1.82, 2.24) is 4.90 Å². The van der Waals surface area contributed by atoms with Gasteiger partial charge in [-0.3, -0.25) is 9.69 Å². The van der Waals surface area contributed by atoms with E-state index in [-0.39, 0.29) is 5.91 Å². The first-order valence-corrected chi connectivity index (χ1v) is 11.1. The van der Waals surface area contributed by atoms with Crippen molar-refractivity contribution in [2.75, 3.05) is 31.6 Å². The molecule has 0 aliphatic carbocycles. The van der Waals surface area contributed by atoms with Gasteiger partial charge in [-0.2, -0.15) is 0 Å². The van der Waals surface area contributed by atoms with Crippen molar-refractivity contribution in [1.29, 1.82) is 0 Å². The van der Waals surface area contributed by atoms with E-state index in [4.69, 9.17) is 9.47 Å². The number of aryl methyl sites for hydroxylation is 2. The van der Waals surface area contributed by atoms with Crippen molar-refractivity contribution in [3.63, 3.8) is 0 Å². The van der Waals surface area contributed by atoms with Crippen LogP contribution in [0.4, 0.5) is 5.69 Å². The maximum absolute atomic E-state index is 12.8. The van der Waals surface area contributed by atoms with Crippen LogP contribution in [0, 0.1) is 0 Å². The number of rotatable bonds is 9. The van der Waals surface area contributed by atoms with E-state index in [0.29, 0.717) is 19.8 Å². The highest BCUT2D eigenvalue weighted by molar-refractivity contribution is 5.93. The number of nitrogens with zero attached hydrogens (tertiary/aromatic N) is 1. The number of anilines is 1. The molecule has 2 aromatic carbocycles. The Morgan fingerprint density at radius 3 is 2.13 bits per heavy atom. The van der Waals surface area contributed by atoms with Gasteiger partial charge in [0.1, 0.15) is 0 Å². The Balaban J connectivity index is 1.70. The van der Waals surface area contributed by atoms with Crippen molar-refractivity contribution in [3.8, 4) is 11.5 Å². The molecule has 0 radical (unpaired) electrons. The third-order valence-corrected chi connectivity index (χ3v) is 5.59. The summed E-state index contributed by atoms with van der Waals surface area (Å²) in [5.41, 5.74) is 5.87. The molecular formula is C25H34N2O3. The van der Waals surface area contributed by atoms with E-state index in [1.54, 1.807) is 0 Å². The number of nitrogens with one attached hydrogen (secondary N) is 1. The van der Waals surface area contributed by atoms with E-state index in [2.05, 4.69) is 54.4 Å². The van der Waals surface area contributed by atoms with Gasteiger partial charge in [0, 0.05) is 18.8 Å². The average molecular weight is 411 g/mol. The minimum atomic E-state index is 0.0463. The van der Waals surface area contributed by atoms with Gasteiger partial charge in [0.05, 0.1) is 19.8 Å². The molecule has 30 heavy (non-hydrogen) atoms. The van der Waals surface area contributed by atoms with Crippen LogP contribution < -0.4 is 14.8 Å². The highest BCUT2D eigenvalue weighted by Crippen LogP contribution is 2.34. The highest BCUT2D eigenvalue weighted by Gasteiger charge is 2.22.